The molecular weight excluding hydrogens is 348 g/mol. The minimum atomic E-state index is -0.408. The molecule has 0 unspecified atom stereocenters. The third-order valence-corrected chi connectivity index (χ3v) is 4.84. The molecule has 1 saturated heterocycles. The van der Waals surface area contributed by atoms with E-state index in [2.05, 4.69) is 20.4 Å². The highest BCUT2D eigenvalue weighted by atomic mass is 16.6. The Hall–Kier alpha value is -3.49. The van der Waals surface area contributed by atoms with E-state index in [4.69, 9.17) is 0 Å². The maximum Gasteiger partial charge on any atom is 0.269 e. The third kappa shape index (κ3) is 3.43. The molecule has 9 heteroatoms. The van der Waals surface area contributed by atoms with Gasteiger partial charge < -0.3 is 4.90 Å². The Morgan fingerprint density at radius 2 is 1.85 bits per heavy atom. The van der Waals surface area contributed by atoms with Crippen LogP contribution in [0.5, 0.6) is 0 Å². The van der Waals surface area contributed by atoms with Gasteiger partial charge in [-0.05, 0) is 37.1 Å². The van der Waals surface area contributed by atoms with E-state index in [0.717, 1.165) is 18.8 Å². The van der Waals surface area contributed by atoms with Gasteiger partial charge in [-0.25, -0.2) is 0 Å². The first-order valence-corrected chi connectivity index (χ1v) is 8.72. The fourth-order valence-corrected chi connectivity index (χ4v) is 3.32. The lowest BCUT2D eigenvalue weighted by molar-refractivity contribution is -0.384. The van der Waals surface area contributed by atoms with Crippen molar-refractivity contribution in [1.29, 1.82) is 0 Å². The Morgan fingerprint density at radius 3 is 2.56 bits per heavy atom. The number of hydrogen-bond acceptors (Lipinski definition) is 6. The Labute approximate surface area is 154 Å². The quantitative estimate of drug-likeness (QED) is 0.562. The molecule has 0 aliphatic carbocycles. The number of pyridine rings is 1. The van der Waals surface area contributed by atoms with Gasteiger partial charge in [0.15, 0.2) is 5.65 Å². The van der Waals surface area contributed by atoms with Crippen molar-refractivity contribution in [2.75, 3.05) is 23.3 Å². The van der Waals surface area contributed by atoms with Crippen molar-refractivity contribution >= 4 is 28.9 Å². The average Bonchev–Trinajstić information content (AvgIpc) is 3.11. The Morgan fingerprint density at radius 1 is 1.11 bits per heavy atom. The molecule has 0 saturated carbocycles. The van der Waals surface area contributed by atoms with Crippen molar-refractivity contribution in [2.45, 2.75) is 12.8 Å². The summed E-state index contributed by atoms with van der Waals surface area (Å²) >= 11 is 0. The van der Waals surface area contributed by atoms with Gasteiger partial charge in [0.05, 0.1) is 4.92 Å². The zero-order valence-corrected chi connectivity index (χ0v) is 14.5. The molecule has 1 aliphatic heterocycles. The first kappa shape index (κ1) is 17.0. The Bertz CT molecular complexity index is 976. The van der Waals surface area contributed by atoms with Crippen molar-refractivity contribution in [2.24, 2.45) is 5.92 Å². The van der Waals surface area contributed by atoms with Crippen LogP contribution in [0.1, 0.15) is 12.8 Å². The Balaban J connectivity index is 1.37. The fraction of sp³-hybridized carbons (Fsp3) is 0.278. The van der Waals surface area contributed by atoms with Crippen LogP contribution in [0.4, 0.5) is 17.3 Å². The van der Waals surface area contributed by atoms with Crippen molar-refractivity contribution in [3.05, 3.63) is 58.8 Å². The van der Waals surface area contributed by atoms with E-state index in [9.17, 15) is 14.9 Å². The molecule has 3 heterocycles. The van der Waals surface area contributed by atoms with Crippen LogP contribution >= 0.6 is 0 Å². The predicted octanol–water partition coefficient (Wildman–Crippen LogP) is 2.49. The van der Waals surface area contributed by atoms with E-state index >= 15 is 0 Å². The minimum absolute atomic E-state index is 0.0588. The molecule has 0 spiro atoms. The summed E-state index contributed by atoms with van der Waals surface area (Å²) in [6.45, 7) is 1.44. The second kappa shape index (κ2) is 7.02. The number of nitrogens with one attached hydrogen (secondary N) is 1. The molecule has 4 rings (SSSR count). The van der Waals surface area contributed by atoms with Gasteiger partial charge >= 0.3 is 0 Å². The predicted molar refractivity (Wildman–Crippen MR) is 99.7 cm³/mol. The summed E-state index contributed by atoms with van der Waals surface area (Å²) < 4.78 is 1.74. The molecule has 1 N–H and O–H groups in total. The van der Waals surface area contributed by atoms with Crippen LogP contribution < -0.4 is 10.2 Å². The van der Waals surface area contributed by atoms with Gasteiger partial charge in [-0.2, -0.15) is 0 Å². The summed E-state index contributed by atoms with van der Waals surface area (Å²) in [6, 6.07) is 12.1. The normalized spacial score (nSPS) is 15.0. The number of piperidine rings is 1. The van der Waals surface area contributed by atoms with E-state index < -0.39 is 4.92 Å². The SMILES string of the molecule is O=C(Nc1nnc2ccccn12)C1CCN(c2ccc([N+](=O)[O-])cc2)CC1. The monoisotopic (exact) mass is 366 g/mol. The van der Waals surface area contributed by atoms with Gasteiger partial charge in [-0.15, -0.1) is 10.2 Å². The molecule has 0 atom stereocenters. The highest BCUT2D eigenvalue weighted by Gasteiger charge is 2.26. The maximum absolute atomic E-state index is 12.6. The van der Waals surface area contributed by atoms with E-state index in [1.54, 1.807) is 16.5 Å². The molecule has 1 aromatic carbocycles. The number of nitro groups is 1. The number of nitro benzene ring substituents is 1. The lowest BCUT2D eigenvalue weighted by atomic mass is 9.95. The number of rotatable bonds is 4. The maximum atomic E-state index is 12.6. The summed E-state index contributed by atoms with van der Waals surface area (Å²) in [5.74, 6) is 0.264. The molecule has 1 amide bonds. The third-order valence-electron chi connectivity index (χ3n) is 4.84. The number of aromatic nitrogens is 3. The molecule has 0 bridgehead atoms. The zero-order valence-electron chi connectivity index (χ0n) is 14.5. The highest BCUT2D eigenvalue weighted by molar-refractivity contribution is 5.91. The van der Waals surface area contributed by atoms with Crippen LogP contribution in [0.3, 0.4) is 0 Å². The molecule has 9 nitrogen and oxygen atoms in total. The van der Waals surface area contributed by atoms with Crippen LogP contribution in [0.15, 0.2) is 48.7 Å². The molecule has 0 radical (unpaired) electrons. The van der Waals surface area contributed by atoms with Crippen LogP contribution in [-0.4, -0.2) is 38.5 Å². The number of anilines is 2. The number of benzene rings is 1. The first-order valence-electron chi connectivity index (χ1n) is 8.72. The summed E-state index contributed by atoms with van der Waals surface area (Å²) in [6.07, 6.45) is 3.22. The van der Waals surface area contributed by atoms with Crippen molar-refractivity contribution < 1.29 is 9.72 Å². The van der Waals surface area contributed by atoms with Crippen molar-refractivity contribution in [1.82, 2.24) is 14.6 Å². The number of non-ortho nitro benzene ring substituents is 1. The lowest BCUT2D eigenvalue weighted by Gasteiger charge is -2.32. The lowest BCUT2D eigenvalue weighted by Crippen LogP contribution is -2.38. The number of hydrogen-bond donors (Lipinski definition) is 1. The second-order valence-corrected chi connectivity index (χ2v) is 6.48. The van der Waals surface area contributed by atoms with Crippen LogP contribution in [0, 0.1) is 16.0 Å². The van der Waals surface area contributed by atoms with E-state index in [-0.39, 0.29) is 17.5 Å². The number of amides is 1. The number of fused-ring (bicyclic) bond motifs is 1. The van der Waals surface area contributed by atoms with E-state index in [1.165, 1.54) is 12.1 Å². The summed E-state index contributed by atoms with van der Waals surface area (Å²) in [5.41, 5.74) is 1.69. The van der Waals surface area contributed by atoms with Crippen molar-refractivity contribution in [3.8, 4) is 0 Å². The zero-order chi connectivity index (χ0) is 18.8. The van der Waals surface area contributed by atoms with Gasteiger partial charge in [-0.3, -0.25) is 24.6 Å². The van der Waals surface area contributed by atoms with Crippen molar-refractivity contribution in [3.63, 3.8) is 0 Å². The second-order valence-electron chi connectivity index (χ2n) is 6.48. The van der Waals surface area contributed by atoms with Gasteiger partial charge in [-0.1, -0.05) is 6.07 Å². The molecular formula is C18H18N6O3. The Kier molecular flexibility index (Phi) is 4.41. The molecule has 2 aromatic heterocycles. The van der Waals surface area contributed by atoms with Gasteiger partial charge in [0.1, 0.15) is 0 Å². The highest BCUT2D eigenvalue weighted by Crippen LogP contribution is 2.26. The van der Waals surface area contributed by atoms with Crippen LogP contribution in [-0.2, 0) is 4.79 Å². The van der Waals surface area contributed by atoms with E-state index in [0.29, 0.717) is 24.4 Å². The summed E-state index contributed by atoms with van der Waals surface area (Å²) in [7, 11) is 0. The molecule has 27 heavy (non-hydrogen) atoms. The largest absolute Gasteiger partial charge is 0.371 e. The van der Waals surface area contributed by atoms with Crippen LogP contribution in [0.2, 0.25) is 0 Å². The van der Waals surface area contributed by atoms with Gasteiger partial charge in [0.25, 0.3) is 5.69 Å². The average molecular weight is 366 g/mol. The van der Waals surface area contributed by atoms with E-state index in [1.807, 2.05) is 24.4 Å². The number of carbonyl (C=O) groups excluding carboxylic acids is 1. The minimum Gasteiger partial charge on any atom is -0.371 e. The smallest absolute Gasteiger partial charge is 0.269 e. The number of carbonyl (C=O) groups is 1. The van der Waals surface area contributed by atoms with Crippen LogP contribution in [0.25, 0.3) is 5.65 Å². The fourth-order valence-electron chi connectivity index (χ4n) is 3.32. The topological polar surface area (TPSA) is 106 Å². The molecule has 1 aliphatic rings. The first-order chi connectivity index (χ1) is 13.1. The number of nitrogens with zero attached hydrogens (tertiary/aromatic N) is 5. The summed E-state index contributed by atoms with van der Waals surface area (Å²) in [5, 5.41) is 21.7. The molecule has 1 fully saturated rings. The molecule has 138 valence electrons. The summed E-state index contributed by atoms with van der Waals surface area (Å²) in [4.78, 5) is 25.1. The standard InChI is InChI=1S/C18H18N6O3/c25-17(19-18-21-20-16-3-1-2-10-23(16)18)13-8-11-22(12-9-13)14-4-6-15(7-5-14)24(26)27/h1-7,10,13H,8-9,11-12H2,(H,19,21,25). The van der Waals surface area contributed by atoms with Gasteiger partial charge in [0.2, 0.25) is 11.9 Å². The molecule has 3 aromatic rings. The van der Waals surface area contributed by atoms with Gasteiger partial charge in [0, 0.05) is 43.0 Å².